The molecule has 2 aromatic rings. The zero-order valence-electron chi connectivity index (χ0n) is 11.7. The molecule has 2 amide bonds. The second kappa shape index (κ2) is 5.33. The molecule has 1 aliphatic carbocycles. The van der Waals surface area contributed by atoms with Crippen molar-refractivity contribution in [2.45, 2.75) is 5.92 Å². The summed E-state index contributed by atoms with van der Waals surface area (Å²) in [5, 5.41) is 0.802. The highest BCUT2D eigenvalue weighted by atomic mass is 79.9. The first kappa shape index (κ1) is 15.2. The third-order valence-corrected chi connectivity index (χ3v) is 5.36. The summed E-state index contributed by atoms with van der Waals surface area (Å²) < 4.78 is 0.972. The van der Waals surface area contributed by atoms with E-state index in [1.807, 2.05) is 24.3 Å². The van der Waals surface area contributed by atoms with Crippen LogP contribution >= 0.6 is 39.1 Å². The van der Waals surface area contributed by atoms with Crippen LogP contribution in [0.2, 0.25) is 10.0 Å². The Morgan fingerprint density at radius 3 is 1.87 bits per heavy atom. The number of imide groups is 1. The molecule has 4 rings (SSSR count). The Bertz CT molecular complexity index is 795. The number of rotatable bonds is 2. The lowest BCUT2D eigenvalue weighted by Gasteiger charge is -2.19. The Balaban J connectivity index is 1.64. The first-order valence-electron chi connectivity index (χ1n) is 7.07. The summed E-state index contributed by atoms with van der Waals surface area (Å²) in [6.45, 7) is 0. The highest BCUT2D eigenvalue weighted by Gasteiger charge is 2.67. The molecule has 1 saturated heterocycles. The van der Waals surface area contributed by atoms with Gasteiger partial charge in [-0.3, -0.25) is 9.59 Å². The number of hydrogen-bond donors (Lipinski definition) is 0. The molecule has 6 heteroatoms. The van der Waals surface area contributed by atoms with Crippen molar-refractivity contribution in [1.82, 2.24) is 0 Å². The molecular weight excluding hydrogens is 401 g/mol. The monoisotopic (exact) mass is 409 g/mol. The van der Waals surface area contributed by atoms with E-state index in [1.54, 1.807) is 18.2 Å². The summed E-state index contributed by atoms with van der Waals surface area (Å²) in [5.74, 6) is -0.922. The molecule has 1 saturated carbocycles. The van der Waals surface area contributed by atoms with Crippen molar-refractivity contribution in [1.29, 1.82) is 0 Å². The van der Waals surface area contributed by atoms with Gasteiger partial charge in [0.2, 0.25) is 11.8 Å². The first-order chi connectivity index (χ1) is 11.0. The third-order valence-electron chi connectivity index (χ3n) is 4.39. The van der Waals surface area contributed by atoms with Crippen molar-refractivity contribution < 1.29 is 9.59 Å². The maximum absolute atomic E-state index is 12.6. The van der Waals surface area contributed by atoms with Gasteiger partial charge in [-0.05, 0) is 35.9 Å². The molecule has 3 nitrogen and oxygen atoms in total. The van der Waals surface area contributed by atoms with Gasteiger partial charge in [-0.1, -0.05) is 51.3 Å². The van der Waals surface area contributed by atoms with Crippen LogP contribution in [0.1, 0.15) is 11.5 Å². The predicted molar refractivity (Wildman–Crippen MR) is 92.8 cm³/mol. The first-order valence-corrected chi connectivity index (χ1v) is 8.61. The fourth-order valence-corrected chi connectivity index (χ4v) is 4.13. The molecule has 2 aromatic carbocycles. The van der Waals surface area contributed by atoms with E-state index < -0.39 is 0 Å². The molecule has 23 heavy (non-hydrogen) atoms. The smallest absolute Gasteiger partial charge is 0.238 e. The molecule has 1 aliphatic heterocycles. The van der Waals surface area contributed by atoms with Gasteiger partial charge < -0.3 is 0 Å². The Hall–Kier alpha value is -1.36. The number of benzene rings is 2. The number of halogens is 3. The summed E-state index contributed by atoms with van der Waals surface area (Å²) in [6, 6.07) is 12.5. The van der Waals surface area contributed by atoms with Crippen molar-refractivity contribution in [3.8, 4) is 0 Å². The number of carbonyl (C=O) groups is 2. The van der Waals surface area contributed by atoms with Gasteiger partial charge in [-0.15, -0.1) is 0 Å². The normalized spacial score (nSPS) is 25.7. The average molecular weight is 411 g/mol. The van der Waals surface area contributed by atoms with E-state index in [4.69, 9.17) is 23.2 Å². The van der Waals surface area contributed by atoms with Gasteiger partial charge in [0.1, 0.15) is 0 Å². The SMILES string of the molecule is O=C1[C@@H]2C(c3ccc(Br)cc3)[C@@H]2C(=O)N1c1cc(Cl)cc(Cl)c1. The molecule has 1 unspecified atom stereocenters. The maximum atomic E-state index is 12.6. The van der Waals surface area contributed by atoms with E-state index in [-0.39, 0.29) is 29.6 Å². The highest BCUT2D eigenvalue weighted by Crippen LogP contribution is 2.60. The van der Waals surface area contributed by atoms with Gasteiger partial charge in [0, 0.05) is 20.4 Å². The van der Waals surface area contributed by atoms with Gasteiger partial charge in [0.25, 0.3) is 0 Å². The maximum Gasteiger partial charge on any atom is 0.238 e. The predicted octanol–water partition coefficient (Wildman–Crippen LogP) is 4.66. The number of hydrogen-bond acceptors (Lipinski definition) is 2. The summed E-state index contributed by atoms with van der Waals surface area (Å²) in [4.78, 5) is 26.5. The fraction of sp³-hybridized carbons (Fsp3) is 0.176. The van der Waals surface area contributed by atoms with Crippen LogP contribution in [0.15, 0.2) is 46.9 Å². The fourth-order valence-electron chi connectivity index (χ4n) is 3.35. The topological polar surface area (TPSA) is 37.4 Å². The third kappa shape index (κ3) is 2.40. The lowest BCUT2D eigenvalue weighted by Crippen LogP contribution is -2.34. The molecule has 0 aromatic heterocycles. The zero-order valence-corrected chi connectivity index (χ0v) is 14.8. The molecule has 0 N–H and O–H groups in total. The summed E-state index contributed by atoms with van der Waals surface area (Å²) in [6.07, 6.45) is 0. The molecule has 2 fully saturated rings. The quantitative estimate of drug-likeness (QED) is 0.675. The molecule has 2 aliphatic rings. The van der Waals surface area contributed by atoms with Crippen molar-refractivity contribution in [3.05, 3.63) is 62.5 Å². The van der Waals surface area contributed by atoms with E-state index in [1.165, 1.54) is 4.90 Å². The second-order valence-electron chi connectivity index (χ2n) is 5.77. The Labute approximate surface area is 151 Å². The van der Waals surface area contributed by atoms with Crippen molar-refractivity contribution in [2.24, 2.45) is 11.8 Å². The van der Waals surface area contributed by atoms with Crippen molar-refractivity contribution >= 4 is 56.6 Å². The standard InChI is InChI=1S/C17H10BrCl2NO2/c18-9-3-1-8(2-4-9)13-14-15(13)17(23)21(16(14)22)12-6-10(19)5-11(20)7-12/h1-7,13-15H/t13?,14-,15+. The molecule has 0 radical (unpaired) electrons. The minimum absolute atomic E-state index is 0.0194. The molecule has 3 atom stereocenters. The molecule has 116 valence electrons. The lowest BCUT2D eigenvalue weighted by molar-refractivity contribution is -0.123. The van der Waals surface area contributed by atoms with Crippen LogP contribution < -0.4 is 4.90 Å². The second-order valence-corrected chi connectivity index (χ2v) is 7.56. The molecule has 0 spiro atoms. The van der Waals surface area contributed by atoms with Crippen molar-refractivity contribution in [2.75, 3.05) is 4.90 Å². The van der Waals surface area contributed by atoms with Crippen LogP contribution in [0.5, 0.6) is 0 Å². The zero-order chi connectivity index (χ0) is 16.3. The minimum Gasteiger partial charge on any atom is -0.274 e. The Kier molecular flexibility index (Phi) is 3.52. The number of anilines is 1. The largest absolute Gasteiger partial charge is 0.274 e. The lowest BCUT2D eigenvalue weighted by atomic mass is 10.1. The molecule has 0 bridgehead atoms. The summed E-state index contributed by atoms with van der Waals surface area (Å²) in [5.41, 5.74) is 1.47. The number of nitrogens with zero attached hydrogens (tertiary/aromatic N) is 1. The van der Waals surface area contributed by atoms with Crippen LogP contribution in [-0.2, 0) is 9.59 Å². The van der Waals surface area contributed by atoms with Crippen LogP contribution in [0.3, 0.4) is 0 Å². The van der Waals surface area contributed by atoms with Gasteiger partial charge in [0.05, 0.1) is 17.5 Å². The average Bonchev–Trinajstić information content (AvgIpc) is 3.16. The highest BCUT2D eigenvalue weighted by molar-refractivity contribution is 9.10. The van der Waals surface area contributed by atoms with Crippen LogP contribution in [0.4, 0.5) is 5.69 Å². The van der Waals surface area contributed by atoms with E-state index in [0.717, 1.165) is 10.0 Å². The minimum atomic E-state index is -0.276. The van der Waals surface area contributed by atoms with E-state index >= 15 is 0 Å². The van der Waals surface area contributed by atoms with Crippen molar-refractivity contribution in [3.63, 3.8) is 0 Å². The van der Waals surface area contributed by atoms with Crippen LogP contribution in [0, 0.1) is 11.8 Å². The van der Waals surface area contributed by atoms with Gasteiger partial charge >= 0.3 is 0 Å². The van der Waals surface area contributed by atoms with E-state index in [2.05, 4.69) is 15.9 Å². The van der Waals surface area contributed by atoms with Gasteiger partial charge in [-0.2, -0.15) is 0 Å². The Morgan fingerprint density at radius 2 is 1.35 bits per heavy atom. The van der Waals surface area contributed by atoms with Gasteiger partial charge in [-0.25, -0.2) is 4.90 Å². The van der Waals surface area contributed by atoms with E-state index in [9.17, 15) is 9.59 Å². The summed E-state index contributed by atoms with van der Waals surface area (Å²) >= 11 is 15.3. The van der Waals surface area contributed by atoms with Crippen LogP contribution in [-0.4, -0.2) is 11.8 Å². The molecular formula is C17H10BrCl2NO2. The van der Waals surface area contributed by atoms with E-state index in [0.29, 0.717) is 15.7 Å². The number of piperidine rings is 1. The number of carbonyl (C=O) groups excluding carboxylic acids is 2. The Morgan fingerprint density at radius 1 is 0.826 bits per heavy atom. The van der Waals surface area contributed by atoms with Crippen LogP contribution in [0.25, 0.3) is 0 Å². The number of fused-ring (bicyclic) bond motifs is 1. The molecule has 1 heterocycles. The summed E-state index contributed by atoms with van der Waals surface area (Å²) in [7, 11) is 0. The van der Waals surface area contributed by atoms with Gasteiger partial charge in [0.15, 0.2) is 0 Å². The number of amides is 2.